The third-order valence-electron chi connectivity index (χ3n) is 7.55. The molecule has 5 nitrogen and oxygen atoms in total. The van der Waals surface area contributed by atoms with Gasteiger partial charge in [-0.3, -0.25) is 9.78 Å². The van der Waals surface area contributed by atoms with E-state index in [1.165, 1.54) is 11.0 Å². The van der Waals surface area contributed by atoms with Gasteiger partial charge in [-0.1, -0.05) is 36.4 Å². The van der Waals surface area contributed by atoms with Gasteiger partial charge in [0, 0.05) is 17.5 Å². The van der Waals surface area contributed by atoms with E-state index in [-0.39, 0.29) is 36.1 Å². The fraction of sp³-hybridized carbons (Fsp3) is 0.345. The van der Waals surface area contributed by atoms with Crippen molar-refractivity contribution in [2.45, 2.75) is 44.1 Å². The van der Waals surface area contributed by atoms with Crippen molar-refractivity contribution >= 4 is 22.9 Å². The number of halogens is 1. The first-order valence-electron chi connectivity index (χ1n) is 12.3. The third-order valence-corrected chi connectivity index (χ3v) is 7.55. The van der Waals surface area contributed by atoms with E-state index in [9.17, 15) is 14.0 Å². The maximum absolute atomic E-state index is 13.9. The number of allylic oxidation sites excluding steroid dienone is 1. The fourth-order valence-corrected chi connectivity index (χ4v) is 5.77. The monoisotopic (exact) mass is 472 g/mol. The second-order valence-corrected chi connectivity index (χ2v) is 9.52. The molecule has 2 atom stereocenters. The van der Waals surface area contributed by atoms with Crippen LogP contribution in [0.4, 0.5) is 9.18 Å². The summed E-state index contributed by atoms with van der Waals surface area (Å²) in [6.07, 6.45) is 7.00. The topological polar surface area (TPSA) is 59.5 Å². The molecular formula is C29H29FN2O3. The molecule has 2 aliphatic rings. The Balaban J connectivity index is 1.34. The highest BCUT2D eigenvalue weighted by Crippen LogP contribution is 2.43. The first-order chi connectivity index (χ1) is 17.1. The van der Waals surface area contributed by atoms with Crippen molar-refractivity contribution in [3.63, 3.8) is 0 Å². The van der Waals surface area contributed by atoms with Crippen LogP contribution in [0.25, 0.3) is 10.9 Å². The van der Waals surface area contributed by atoms with Crippen molar-refractivity contribution in [1.82, 2.24) is 9.88 Å². The number of nitrogens with zero attached hydrogens (tertiary/aromatic N) is 2. The Morgan fingerprint density at radius 1 is 1.14 bits per heavy atom. The smallest absolute Gasteiger partial charge is 0.417 e. The summed E-state index contributed by atoms with van der Waals surface area (Å²) < 4.78 is 19.2. The lowest BCUT2D eigenvalue weighted by Gasteiger charge is -2.35. The molecule has 5 rings (SSSR count). The van der Waals surface area contributed by atoms with Crippen molar-refractivity contribution in [1.29, 1.82) is 0 Å². The van der Waals surface area contributed by atoms with Gasteiger partial charge < -0.3 is 4.74 Å². The Labute approximate surface area is 204 Å². The largest absolute Gasteiger partial charge is 0.446 e. The molecule has 2 fully saturated rings. The van der Waals surface area contributed by atoms with Crippen LogP contribution in [0.15, 0.2) is 73.4 Å². The number of aromatic nitrogens is 1. The van der Waals surface area contributed by atoms with Gasteiger partial charge in [-0.25, -0.2) is 14.1 Å². The highest BCUT2D eigenvalue weighted by molar-refractivity contribution is 5.95. The summed E-state index contributed by atoms with van der Waals surface area (Å²) in [4.78, 5) is 32.0. The Bertz CT molecular complexity index is 1240. The molecule has 2 heterocycles. The van der Waals surface area contributed by atoms with Crippen LogP contribution in [0.2, 0.25) is 0 Å². The number of pyridine rings is 1. The van der Waals surface area contributed by atoms with Gasteiger partial charge >= 0.3 is 6.09 Å². The molecule has 3 aromatic rings. The summed E-state index contributed by atoms with van der Waals surface area (Å²) in [7, 11) is 0. The Morgan fingerprint density at radius 2 is 1.91 bits per heavy atom. The molecule has 6 heteroatoms. The number of carbonyl (C=O) groups is 2. The van der Waals surface area contributed by atoms with Crippen LogP contribution in [-0.2, 0) is 9.53 Å². The van der Waals surface area contributed by atoms with Gasteiger partial charge in [0.15, 0.2) is 0 Å². The molecule has 0 unspecified atom stereocenters. The van der Waals surface area contributed by atoms with E-state index < -0.39 is 12.1 Å². The quantitative estimate of drug-likeness (QED) is 0.381. The first-order valence-corrected chi connectivity index (χ1v) is 12.3. The van der Waals surface area contributed by atoms with Crippen LogP contribution in [0.5, 0.6) is 0 Å². The standard InChI is InChI=1S/C29H29FN2O3/c1-2-6-24(28(33)32-27(18-35-29(32)34)21-7-4-3-5-8-21)20-11-9-19(10-12-20)23-15-16-31-26-14-13-22(30)17-25(23)26/h2-5,7-8,13-17,19-20,24,27H,1,6,9-12,18H2/t19-,20-,24-,27+/m1/s1. The van der Waals surface area contributed by atoms with E-state index >= 15 is 0 Å². The third kappa shape index (κ3) is 4.57. The minimum Gasteiger partial charge on any atom is -0.446 e. The molecule has 1 saturated heterocycles. The number of ether oxygens (including phenoxy) is 1. The van der Waals surface area contributed by atoms with Crippen molar-refractivity contribution < 1.29 is 18.7 Å². The van der Waals surface area contributed by atoms with Crippen molar-refractivity contribution in [3.8, 4) is 0 Å². The molecule has 2 amide bonds. The van der Waals surface area contributed by atoms with Crippen LogP contribution in [0.1, 0.15) is 55.2 Å². The average Bonchev–Trinajstić information content (AvgIpc) is 3.28. The van der Waals surface area contributed by atoms with Gasteiger partial charge in [-0.2, -0.15) is 0 Å². The molecular weight excluding hydrogens is 443 g/mol. The van der Waals surface area contributed by atoms with Crippen molar-refractivity contribution in [2.24, 2.45) is 11.8 Å². The van der Waals surface area contributed by atoms with Gasteiger partial charge in [0.05, 0.1) is 5.52 Å². The van der Waals surface area contributed by atoms with Crippen molar-refractivity contribution in [3.05, 3.63) is 90.4 Å². The molecule has 0 N–H and O–H groups in total. The lowest BCUT2D eigenvalue weighted by atomic mass is 9.72. The number of hydrogen-bond donors (Lipinski definition) is 0. The highest BCUT2D eigenvalue weighted by atomic mass is 19.1. The number of fused-ring (bicyclic) bond motifs is 1. The molecule has 180 valence electrons. The lowest BCUT2D eigenvalue weighted by Crippen LogP contribution is -2.41. The minimum absolute atomic E-state index is 0.145. The molecule has 0 spiro atoms. The van der Waals surface area contributed by atoms with Crippen LogP contribution in [-0.4, -0.2) is 28.5 Å². The maximum Gasteiger partial charge on any atom is 0.417 e. The normalized spacial score (nSPS) is 23.2. The Hall–Kier alpha value is -3.54. The SMILES string of the molecule is C=CC[C@@H](C(=O)N1C(=O)OC[C@H]1c1ccccc1)[C@H]1CC[C@H](c2ccnc3ccc(F)cc32)CC1. The molecule has 35 heavy (non-hydrogen) atoms. The number of rotatable bonds is 6. The van der Waals surface area contributed by atoms with E-state index in [1.807, 2.05) is 36.4 Å². The predicted molar refractivity (Wildman–Crippen MR) is 132 cm³/mol. The zero-order valence-corrected chi connectivity index (χ0v) is 19.6. The maximum atomic E-state index is 13.9. The summed E-state index contributed by atoms with van der Waals surface area (Å²) >= 11 is 0. The summed E-state index contributed by atoms with van der Waals surface area (Å²) in [6.45, 7) is 4.05. The second kappa shape index (κ2) is 9.98. The van der Waals surface area contributed by atoms with Crippen molar-refractivity contribution in [2.75, 3.05) is 6.61 Å². The molecule has 0 bridgehead atoms. The number of carbonyl (C=O) groups excluding carboxylic acids is 2. The molecule has 1 aliphatic heterocycles. The Morgan fingerprint density at radius 3 is 2.66 bits per heavy atom. The number of amides is 2. The molecule has 0 radical (unpaired) electrons. The zero-order valence-electron chi connectivity index (χ0n) is 19.6. The molecule has 1 aromatic heterocycles. The van der Waals surface area contributed by atoms with Gasteiger partial charge in [-0.05, 0) is 79.3 Å². The van der Waals surface area contributed by atoms with Crippen LogP contribution in [0.3, 0.4) is 0 Å². The van der Waals surface area contributed by atoms with Gasteiger partial charge in [-0.15, -0.1) is 6.58 Å². The van der Waals surface area contributed by atoms with E-state index in [1.54, 1.807) is 24.4 Å². The summed E-state index contributed by atoms with van der Waals surface area (Å²) in [5.74, 6) is -0.334. The fourth-order valence-electron chi connectivity index (χ4n) is 5.77. The molecule has 2 aromatic carbocycles. The summed E-state index contributed by atoms with van der Waals surface area (Å²) in [5.41, 5.74) is 2.81. The van der Waals surface area contributed by atoms with E-state index in [2.05, 4.69) is 11.6 Å². The number of benzene rings is 2. The molecule has 1 saturated carbocycles. The number of imide groups is 1. The summed E-state index contributed by atoms with van der Waals surface area (Å²) in [6, 6.07) is 15.9. The highest BCUT2D eigenvalue weighted by Gasteiger charge is 2.43. The van der Waals surface area contributed by atoms with Crippen LogP contribution in [0, 0.1) is 17.7 Å². The van der Waals surface area contributed by atoms with Crippen LogP contribution >= 0.6 is 0 Å². The number of hydrogen-bond acceptors (Lipinski definition) is 4. The van der Waals surface area contributed by atoms with E-state index in [4.69, 9.17) is 4.74 Å². The van der Waals surface area contributed by atoms with E-state index in [0.29, 0.717) is 6.42 Å². The van der Waals surface area contributed by atoms with Gasteiger partial charge in [0.1, 0.15) is 18.5 Å². The Kier molecular flexibility index (Phi) is 6.62. The zero-order chi connectivity index (χ0) is 24.4. The van der Waals surface area contributed by atoms with E-state index in [0.717, 1.165) is 47.7 Å². The lowest BCUT2D eigenvalue weighted by molar-refractivity contribution is -0.135. The van der Waals surface area contributed by atoms with Gasteiger partial charge in [0.2, 0.25) is 5.91 Å². The number of cyclic esters (lactones) is 1. The minimum atomic E-state index is -0.572. The first kappa shape index (κ1) is 23.2. The predicted octanol–water partition coefficient (Wildman–Crippen LogP) is 6.56. The summed E-state index contributed by atoms with van der Waals surface area (Å²) in [5, 5.41) is 0.861. The average molecular weight is 473 g/mol. The van der Waals surface area contributed by atoms with Gasteiger partial charge in [0.25, 0.3) is 0 Å². The second-order valence-electron chi connectivity index (χ2n) is 9.52. The molecule has 1 aliphatic carbocycles. The van der Waals surface area contributed by atoms with Crippen LogP contribution < -0.4 is 0 Å².